The predicted octanol–water partition coefficient (Wildman–Crippen LogP) is 2.22. The zero-order valence-corrected chi connectivity index (χ0v) is 11.0. The van der Waals surface area contributed by atoms with Gasteiger partial charge in [-0.15, -0.1) is 0 Å². The van der Waals surface area contributed by atoms with Gasteiger partial charge in [-0.25, -0.2) is 17.2 Å². The fourth-order valence-electron chi connectivity index (χ4n) is 1.13. The van der Waals surface area contributed by atoms with Crippen LogP contribution >= 0.6 is 0 Å². The lowest BCUT2D eigenvalue weighted by molar-refractivity contribution is -0.0993. The lowest BCUT2D eigenvalue weighted by atomic mass is 10.3. The monoisotopic (exact) mass is 360 g/mol. The second kappa shape index (κ2) is 4.83. The summed E-state index contributed by atoms with van der Waals surface area (Å²) in [6, 6.07) is -0.200. The molecule has 0 heterocycles. The maximum atomic E-state index is 13.2. The number of hydrogen-bond acceptors (Lipinski definition) is 4. The predicted molar refractivity (Wildman–Crippen MR) is 53.5 cm³/mol. The van der Waals surface area contributed by atoms with E-state index in [1.807, 2.05) is 0 Å². The van der Waals surface area contributed by atoms with E-state index >= 15 is 0 Å². The maximum absolute atomic E-state index is 13.2. The molecular formula is C8H3F7O4S2. The molecular weight excluding hydrogens is 357 g/mol. The molecule has 0 radical (unpaired) electrons. The van der Waals surface area contributed by atoms with Crippen molar-refractivity contribution in [2.45, 2.75) is 15.4 Å². The van der Waals surface area contributed by atoms with Gasteiger partial charge in [-0.1, -0.05) is 3.89 Å². The van der Waals surface area contributed by atoms with Crippen LogP contribution in [0.3, 0.4) is 0 Å². The number of halogens is 7. The van der Waals surface area contributed by atoms with Crippen molar-refractivity contribution in [3.63, 3.8) is 0 Å². The van der Waals surface area contributed by atoms with Crippen LogP contribution in [0.15, 0.2) is 23.1 Å². The third kappa shape index (κ3) is 2.59. The van der Waals surface area contributed by atoms with Crippen molar-refractivity contribution in [3.05, 3.63) is 29.8 Å². The number of alkyl halides is 4. The van der Waals surface area contributed by atoms with Crippen LogP contribution < -0.4 is 0 Å². The number of benzene rings is 1. The molecule has 120 valence electrons. The van der Waals surface area contributed by atoms with Crippen molar-refractivity contribution >= 4 is 20.1 Å². The molecule has 0 amide bonds. The van der Waals surface area contributed by atoms with Crippen molar-refractivity contribution in [1.82, 2.24) is 0 Å². The highest BCUT2D eigenvalue weighted by atomic mass is 32.3. The second-order valence-electron chi connectivity index (χ2n) is 3.55. The smallest absolute Gasteiger partial charge is 0.217 e. The molecule has 1 rings (SSSR count). The van der Waals surface area contributed by atoms with Gasteiger partial charge in [-0.05, 0) is 12.1 Å². The molecule has 0 saturated heterocycles. The molecule has 0 aliphatic heterocycles. The lowest BCUT2D eigenvalue weighted by Gasteiger charge is -2.22. The van der Waals surface area contributed by atoms with Crippen LogP contribution in [0.4, 0.5) is 30.2 Å². The number of rotatable bonds is 4. The van der Waals surface area contributed by atoms with E-state index in [2.05, 4.69) is 0 Å². The van der Waals surface area contributed by atoms with Gasteiger partial charge in [0.05, 0.1) is 0 Å². The molecule has 0 spiro atoms. The highest BCUT2D eigenvalue weighted by Crippen LogP contribution is 2.46. The fraction of sp³-hybridized carbons (Fsp3) is 0.250. The molecule has 13 heteroatoms. The highest BCUT2D eigenvalue weighted by molar-refractivity contribution is 7.94. The molecule has 0 aliphatic rings. The third-order valence-electron chi connectivity index (χ3n) is 2.17. The number of hydrogen-bond donors (Lipinski definition) is 0. The van der Waals surface area contributed by atoms with Gasteiger partial charge in [0, 0.05) is 6.07 Å². The summed E-state index contributed by atoms with van der Waals surface area (Å²) in [6.07, 6.45) is 0. The van der Waals surface area contributed by atoms with E-state index < -0.39 is 47.1 Å². The first-order valence-corrected chi connectivity index (χ1v) is 7.42. The van der Waals surface area contributed by atoms with Crippen molar-refractivity contribution in [2.75, 3.05) is 0 Å². The summed E-state index contributed by atoms with van der Waals surface area (Å²) < 4.78 is 132. The summed E-state index contributed by atoms with van der Waals surface area (Å²) >= 11 is 0. The zero-order chi connectivity index (χ0) is 16.9. The van der Waals surface area contributed by atoms with Crippen LogP contribution in [0.5, 0.6) is 0 Å². The van der Waals surface area contributed by atoms with Gasteiger partial charge < -0.3 is 0 Å². The van der Waals surface area contributed by atoms with E-state index in [0.29, 0.717) is 0 Å². The molecule has 1 aromatic carbocycles. The Labute approximate surface area is 113 Å². The quantitative estimate of drug-likeness (QED) is 0.469. The van der Waals surface area contributed by atoms with Crippen LogP contribution in [0, 0.1) is 11.6 Å². The summed E-state index contributed by atoms with van der Waals surface area (Å²) in [4.78, 5) is -2.11. The molecule has 21 heavy (non-hydrogen) atoms. The van der Waals surface area contributed by atoms with Gasteiger partial charge in [0.25, 0.3) is 9.84 Å². The molecule has 0 saturated carbocycles. The summed E-state index contributed by atoms with van der Waals surface area (Å²) in [5, 5.41) is -13.2. The van der Waals surface area contributed by atoms with Crippen LogP contribution in [0.2, 0.25) is 0 Å². The van der Waals surface area contributed by atoms with Gasteiger partial charge in [0.2, 0.25) is 0 Å². The van der Waals surface area contributed by atoms with Crippen molar-refractivity contribution in [2.24, 2.45) is 0 Å². The summed E-state index contributed by atoms with van der Waals surface area (Å²) in [7, 11) is -14.0. The van der Waals surface area contributed by atoms with Crippen LogP contribution in [-0.2, 0) is 20.1 Å². The topological polar surface area (TPSA) is 68.3 Å². The van der Waals surface area contributed by atoms with Crippen molar-refractivity contribution in [1.29, 1.82) is 0 Å². The average Bonchev–Trinajstić information content (AvgIpc) is 2.26. The normalized spacial score (nSPS) is 14.2. The average molecular weight is 360 g/mol. The Hall–Kier alpha value is -1.37. The Balaban J connectivity index is 3.63. The van der Waals surface area contributed by atoms with Crippen LogP contribution in [0.1, 0.15) is 0 Å². The minimum atomic E-state index is -7.33. The first-order valence-electron chi connectivity index (χ1n) is 4.56. The molecule has 0 bridgehead atoms. The van der Waals surface area contributed by atoms with Gasteiger partial charge >= 0.3 is 20.7 Å². The Bertz CT molecular complexity index is 770. The van der Waals surface area contributed by atoms with E-state index in [1.54, 1.807) is 0 Å². The highest BCUT2D eigenvalue weighted by Gasteiger charge is 2.74. The second-order valence-corrected chi connectivity index (χ2v) is 6.90. The minimum Gasteiger partial charge on any atom is -0.217 e. The lowest BCUT2D eigenvalue weighted by Crippen LogP contribution is -2.50. The summed E-state index contributed by atoms with van der Waals surface area (Å²) in [5.41, 5.74) is 0. The maximum Gasteiger partial charge on any atom is 0.451 e. The molecule has 0 fully saturated rings. The Morgan fingerprint density at radius 3 is 1.71 bits per heavy atom. The third-order valence-corrected chi connectivity index (χ3v) is 5.01. The first-order chi connectivity index (χ1) is 9.16. The van der Waals surface area contributed by atoms with E-state index in [4.69, 9.17) is 0 Å². The van der Waals surface area contributed by atoms with Crippen LogP contribution in [0.25, 0.3) is 0 Å². The Kier molecular flexibility index (Phi) is 4.07. The fourth-order valence-corrected chi connectivity index (χ4v) is 3.19. The Morgan fingerprint density at radius 1 is 0.857 bits per heavy atom. The van der Waals surface area contributed by atoms with Gasteiger partial charge in [-0.3, -0.25) is 0 Å². The summed E-state index contributed by atoms with van der Waals surface area (Å²) in [6.45, 7) is 0. The van der Waals surface area contributed by atoms with Gasteiger partial charge in [0.15, 0.2) is 0 Å². The molecule has 0 unspecified atom stereocenters. The van der Waals surface area contributed by atoms with E-state index in [9.17, 15) is 47.1 Å². The van der Waals surface area contributed by atoms with E-state index in [1.165, 1.54) is 0 Å². The summed E-state index contributed by atoms with van der Waals surface area (Å²) in [5.74, 6) is -3.60. The molecule has 1 aromatic rings. The Morgan fingerprint density at radius 2 is 1.33 bits per heavy atom. The van der Waals surface area contributed by atoms with E-state index in [0.717, 1.165) is 0 Å². The zero-order valence-electron chi connectivity index (χ0n) is 9.33. The van der Waals surface area contributed by atoms with Gasteiger partial charge in [-0.2, -0.15) is 26.0 Å². The molecule has 0 aromatic heterocycles. The first kappa shape index (κ1) is 17.7. The molecule has 4 nitrogen and oxygen atoms in total. The largest absolute Gasteiger partial charge is 0.451 e. The van der Waals surface area contributed by atoms with E-state index in [-0.39, 0.29) is 18.2 Å². The van der Waals surface area contributed by atoms with Crippen molar-refractivity contribution < 1.29 is 47.1 Å². The number of sulfone groups is 1. The molecule has 0 aliphatic carbocycles. The van der Waals surface area contributed by atoms with Gasteiger partial charge in [0.1, 0.15) is 16.5 Å². The molecule has 0 atom stereocenters. The van der Waals surface area contributed by atoms with Crippen molar-refractivity contribution in [3.8, 4) is 0 Å². The SMILES string of the molecule is O=S(=O)(F)C(F)(F)C(F)(F)S(=O)(=O)c1ccc(F)cc1F. The standard InChI is InChI=1S/C8H3F7O4S2/c9-4-1-2-6(5(10)3-4)20(16,17)7(11,12)8(13,14)21(15,18)19/h1-3H. The van der Waals surface area contributed by atoms with Crippen LogP contribution in [-0.4, -0.2) is 27.3 Å². The molecule has 0 N–H and O–H groups in total. The minimum absolute atomic E-state index is 0.130.